The van der Waals surface area contributed by atoms with Gasteiger partial charge in [-0.3, -0.25) is 5.41 Å². The molecule has 0 fully saturated rings. The zero-order valence-corrected chi connectivity index (χ0v) is 5.62. The zero-order chi connectivity index (χ0) is 7.40. The molecule has 0 aliphatic heterocycles. The SMILES string of the molecule is C=CCn1cccnc1=N. The van der Waals surface area contributed by atoms with Crippen molar-refractivity contribution in [1.29, 1.82) is 5.41 Å². The third-order valence-electron chi connectivity index (χ3n) is 1.15. The highest BCUT2D eigenvalue weighted by Gasteiger charge is 1.84. The lowest BCUT2D eigenvalue weighted by Crippen LogP contribution is -2.20. The maximum Gasteiger partial charge on any atom is 0.222 e. The van der Waals surface area contributed by atoms with Crippen molar-refractivity contribution in [2.24, 2.45) is 0 Å². The quantitative estimate of drug-likeness (QED) is 0.591. The second-order valence-corrected chi connectivity index (χ2v) is 1.88. The molecule has 0 spiro atoms. The van der Waals surface area contributed by atoms with Crippen molar-refractivity contribution in [2.45, 2.75) is 6.54 Å². The minimum absolute atomic E-state index is 0.266. The topological polar surface area (TPSA) is 41.7 Å². The van der Waals surface area contributed by atoms with Crippen molar-refractivity contribution >= 4 is 0 Å². The summed E-state index contributed by atoms with van der Waals surface area (Å²) in [5, 5.41) is 7.28. The average Bonchev–Trinajstić information content (AvgIpc) is 1.94. The van der Waals surface area contributed by atoms with E-state index in [4.69, 9.17) is 5.41 Å². The predicted octanol–water partition coefficient (Wildman–Crippen LogP) is 0.549. The van der Waals surface area contributed by atoms with E-state index in [2.05, 4.69) is 11.6 Å². The lowest BCUT2D eigenvalue weighted by Gasteiger charge is -1.98. The minimum Gasteiger partial charge on any atom is -0.314 e. The Balaban J connectivity index is 3.03. The molecule has 0 radical (unpaired) electrons. The summed E-state index contributed by atoms with van der Waals surface area (Å²) in [4.78, 5) is 3.78. The standard InChI is InChI=1S/C7H9N3/c1-2-5-10-6-3-4-9-7(10)8/h2-4,6,8H,1,5H2. The van der Waals surface area contributed by atoms with Crippen molar-refractivity contribution in [1.82, 2.24) is 9.55 Å². The molecule has 0 unspecified atom stereocenters. The normalized spacial score (nSPS) is 9.20. The lowest BCUT2D eigenvalue weighted by molar-refractivity contribution is 0.708. The summed E-state index contributed by atoms with van der Waals surface area (Å²) in [5.74, 6) is 0. The van der Waals surface area contributed by atoms with Gasteiger partial charge in [0.15, 0.2) is 0 Å². The largest absolute Gasteiger partial charge is 0.314 e. The van der Waals surface area contributed by atoms with E-state index >= 15 is 0 Å². The van der Waals surface area contributed by atoms with Gasteiger partial charge in [0.2, 0.25) is 5.62 Å². The van der Waals surface area contributed by atoms with E-state index in [0.717, 1.165) is 0 Å². The predicted molar refractivity (Wildman–Crippen MR) is 38.3 cm³/mol. The Morgan fingerprint density at radius 2 is 2.60 bits per heavy atom. The van der Waals surface area contributed by atoms with Crippen molar-refractivity contribution in [3.63, 3.8) is 0 Å². The number of nitrogens with one attached hydrogen (secondary N) is 1. The van der Waals surface area contributed by atoms with Crippen LogP contribution >= 0.6 is 0 Å². The van der Waals surface area contributed by atoms with Crippen LogP contribution in [0.2, 0.25) is 0 Å². The molecule has 1 heterocycles. The third kappa shape index (κ3) is 1.31. The summed E-state index contributed by atoms with van der Waals surface area (Å²) in [7, 11) is 0. The molecule has 0 amide bonds. The Morgan fingerprint density at radius 3 is 3.20 bits per heavy atom. The summed E-state index contributed by atoms with van der Waals surface area (Å²) in [5.41, 5.74) is 0.266. The fourth-order valence-electron chi connectivity index (χ4n) is 0.687. The Morgan fingerprint density at radius 1 is 1.80 bits per heavy atom. The summed E-state index contributed by atoms with van der Waals surface area (Å²) < 4.78 is 1.70. The molecule has 10 heavy (non-hydrogen) atoms. The van der Waals surface area contributed by atoms with Gasteiger partial charge in [-0.05, 0) is 6.07 Å². The van der Waals surface area contributed by atoms with Crippen LogP contribution in [0, 0.1) is 5.41 Å². The number of nitrogens with zero attached hydrogens (tertiary/aromatic N) is 2. The van der Waals surface area contributed by atoms with E-state index < -0.39 is 0 Å². The molecule has 0 saturated heterocycles. The van der Waals surface area contributed by atoms with Gasteiger partial charge in [-0.2, -0.15) is 0 Å². The molecule has 1 rings (SSSR count). The number of rotatable bonds is 2. The molecule has 3 nitrogen and oxygen atoms in total. The Bertz CT molecular complexity index is 274. The molecular weight excluding hydrogens is 126 g/mol. The molecule has 0 atom stereocenters. The Hall–Kier alpha value is -1.38. The maximum absolute atomic E-state index is 7.28. The molecule has 1 aromatic heterocycles. The Kier molecular flexibility index (Phi) is 1.99. The van der Waals surface area contributed by atoms with E-state index in [1.165, 1.54) is 0 Å². The highest BCUT2D eigenvalue weighted by molar-refractivity contribution is 4.82. The summed E-state index contributed by atoms with van der Waals surface area (Å²) in [6.07, 6.45) is 5.14. The van der Waals surface area contributed by atoms with Crippen LogP contribution in [-0.4, -0.2) is 9.55 Å². The molecule has 0 aromatic carbocycles. The van der Waals surface area contributed by atoms with Crippen LogP contribution in [0.5, 0.6) is 0 Å². The van der Waals surface area contributed by atoms with Crippen LogP contribution in [0.4, 0.5) is 0 Å². The van der Waals surface area contributed by atoms with E-state index in [-0.39, 0.29) is 5.62 Å². The van der Waals surface area contributed by atoms with E-state index in [1.807, 2.05) is 0 Å². The number of aromatic nitrogens is 2. The summed E-state index contributed by atoms with van der Waals surface area (Å²) >= 11 is 0. The third-order valence-corrected chi connectivity index (χ3v) is 1.15. The molecule has 1 aromatic rings. The van der Waals surface area contributed by atoms with Crippen molar-refractivity contribution in [3.05, 3.63) is 36.7 Å². The minimum atomic E-state index is 0.266. The zero-order valence-electron chi connectivity index (χ0n) is 5.62. The molecule has 0 aliphatic carbocycles. The monoisotopic (exact) mass is 135 g/mol. The van der Waals surface area contributed by atoms with Crippen molar-refractivity contribution in [2.75, 3.05) is 0 Å². The van der Waals surface area contributed by atoms with Gasteiger partial charge in [-0.25, -0.2) is 4.98 Å². The molecule has 1 N–H and O–H groups in total. The molecule has 0 bridgehead atoms. The fraction of sp³-hybridized carbons (Fsp3) is 0.143. The lowest BCUT2D eigenvalue weighted by atomic mass is 10.5. The first kappa shape index (κ1) is 6.74. The Labute approximate surface area is 59.2 Å². The second kappa shape index (κ2) is 2.96. The fourth-order valence-corrected chi connectivity index (χ4v) is 0.687. The van der Waals surface area contributed by atoms with Crippen LogP contribution in [0.25, 0.3) is 0 Å². The first-order valence-corrected chi connectivity index (χ1v) is 3.01. The summed E-state index contributed by atoms with van der Waals surface area (Å²) in [6, 6.07) is 1.79. The molecule has 52 valence electrons. The van der Waals surface area contributed by atoms with Gasteiger partial charge in [0, 0.05) is 18.9 Å². The molecule has 0 saturated carbocycles. The second-order valence-electron chi connectivity index (χ2n) is 1.88. The molecule has 3 heteroatoms. The van der Waals surface area contributed by atoms with Gasteiger partial charge in [0.05, 0.1) is 0 Å². The van der Waals surface area contributed by atoms with Crippen LogP contribution in [-0.2, 0) is 6.54 Å². The van der Waals surface area contributed by atoms with Crippen LogP contribution in [0.15, 0.2) is 31.1 Å². The first-order valence-electron chi connectivity index (χ1n) is 3.01. The van der Waals surface area contributed by atoms with Gasteiger partial charge < -0.3 is 4.57 Å². The molecular formula is C7H9N3. The number of hydrogen-bond acceptors (Lipinski definition) is 2. The molecule has 0 aliphatic rings. The number of allylic oxidation sites excluding steroid dienone is 1. The van der Waals surface area contributed by atoms with Crippen LogP contribution in [0.3, 0.4) is 0 Å². The highest BCUT2D eigenvalue weighted by atomic mass is 15.0. The van der Waals surface area contributed by atoms with Gasteiger partial charge in [-0.15, -0.1) is 6.58 Å². The van der Waals surface area contributed by atoms with Gasteiger partial charge in [0.1, 0.15) is 0 Å². The average molecular weight is 135 g/mol. The van der Waals surface area contributed by atoms with Crippen molar-refractivity contribution < 1.29 is 0 Å². The number of hydrogen-bond donors (Lipinski definition) is 1. The maximum atomic E-state index is 7.28. The van der Waals surface area contributed by atoms with Gasteiger partial charge >= 0.3 is 0 Å². The van der Waals surface area contributed by atoms with Crippen LogP contribution in [0.1, 0.15) is 0 Å². The highest BCUT2D eigenvalue weighted by Crippen LogP contribution is 1.77. The van der Waals surface area contributed by atoms with Gasteiger partial charge in [0.25, 0.3) is 0 Å². The van der Waals surface area contributed by atoms with Crippen LogP contribution < -0.4 is 5.62 Å². The van der Waals surface area contributed by atoms with E-state index in [9.17, 15) is 0 Å². The van der Waals surface area contributed by atoms with E-state index in [0.29, 0.717) is 6.54 Å². The first-order chi connectivity index (χ1) is 4.84. The van der Waals surface area contributed by atoms with Crippen molar-refractivity contribution in [3.8, 4) is 0 Å². The van der Waals surface area contributed by atoms with E-state index in [1.54, 1.807) is 29.1 Å². The smallest absolute Gasteiger partial charge is 0.222 e. The van der Waals surface area contributed by atoms with Gasteiger partial charge in [-0.1, -0.05) is 6.08 Å². The summed E-state index contributed by atoms with van der Waals surface area (Å²) in [6.45, 7) is 4.21.